The highest BCUT2D eigenvalue weighted by molar-refractivity contribution is 7.99. The minimum absolute atomic E-state index is 0.0351. The number of nitrogens with one attached hydrogen (secondary N) is 1. The maximum atomic E-state index is 13.2. The fraction of sp³-hybridized carbons (Fsp3) is 0.458. The predicted octanol–water partition coefficient (Wildman–Crippen LogP) is 5.39. The van der Waals surface area contributed by atoms with E-state index >= 15 is 0 Å². The van der Waals surface area contributed by atoms with E-state index in [-0.39, 0.29) is 22.6 Å². The zero-order valence-electron chi connectivity index (χ0n) is 18.6. The van der Waals surface area contributed by atoms with Crippen molar-refractivity contribution >= 4 is 44.9 Å². The fourth-order valence-electron chi connectivity index (χ4n) is 4.17. The lowest BCUT2D eigenvalue weighted by Gasteiger charge is -2.23. The Balaban J connectivity index is 1.57. The van der Waals surface area contributed by atoms with Gasteiger partial charge in [-0.1, -0.05) is 50.7 Å². The Bertz CT molecular complexity index is 1190. The van der Waals surface area contributed by atoms with Gasteiger partial charge in [-0.3, -0.25) is 14.2 Å². The molecule has 0 aliphatic heterocycles. The van der Waals surface area contributed by atoms with Crippen molar-refractivity contribution in [2.45, 2.75) is 70.5 Å². The Hall–Kier alpha value is -2.12. The topological polar surface area (TPSA) is 64.0 Å². The van der Waals surface area contributed by atoms with Crippen LogP contribution in [-0.4, -0.2) is 21.2 Å². The summed E-state index contributed by atoms with van der Waals surface area (Å²) in [4.78, 5) is 32.9. The van der Waals surface area contributed by atoms with Crippen LogP contribution in [0.5, 0.6) is 0 Å². The molecule has 0 saturated carbocycles. The highest BCUT2D eigenvalue weighted by Gasteiger charge is 2.23. The molecule has 3 aromatic rings. The van der Waals surface area contributed by atoms with E-state index in [1.165, 1.54) is 28.6 Å². The van der Waals surface area contributed by atoms with Crippen LogP contribution in [0, 0.1) is 0 Å². The molecule has 1 aromatic carbocycles. The molecule has 1 N–H and O–H groups in total. The van der Waals surface area contributed by atoms with Crippen molar-refractivity contribution in [2.75, 3.05) is 11.1 Å². The number of hydrogen-bond acceptors (Lipinski definition) is 5. The van der Waals surface area contributed by atoms with Crippen LogP contribution >= 0.6 is 23.1 Å². The molecule has 2 heterocycles. The monoisotopic (exact) mass is 455 g/mol. The maximum absolute atomic E-state index is 13.2. The number of fused-ring (bicyclic) bond motifs is 3. The number of aryl methyl sites for hydroxylation is 2. The van der Waals surface area contributed by atoms with Crippen molar-refractivity contribution in [1.29, 1.82) is 0 Å². The molecule has 31 heavy (non-hydrogen) atoms. The number of anilines is 1. The van der Waals surface area contributed by atoms with Gasteiger partial charge in [-0.2, -0.15) is 0 Å². The molecule has 0 fully saturated rings. The maximum Gasteiger partial charge on any atom is 0.263 e. The summed E-state index contributed by atoms with van der Waals surface area (Å²) in [7, 11) is 0. The number of benzene rings is 1. The first-order valence-corrected chi connectivity index (χ1v) is 12.7. The molecule has 1 aliphatic carbocycles. The second-order valence-electron chi connectivity index (χ2n) is 8.97. The lowest BCUT2D eigenvalue weighted by Crippen LogP contribution is -2.24. The van der Waals surface area contributed by atoms with Gasteiger partial charge in [0, 0.05) is 17.1 Å². The van der Waals surface area contributed by atoms with Crippen LogP contribution in [0.3, 0.4) is 0 Å². The first-order chi connectivity index (χ1) is 14.8. The number of aromatic nitrogens is 2. The first kappa shape index (κ1) is 22.1. The van der Waals surface area contributed by atoms with E-state index in [1.54, 1.807) is 15.9 Å². The summed E-state index contributed by atoms with van der Waals surface area (Å²) in [5.41, 5.74) is 3.11. The molecule has 0 atom stereocenters. The fourth-order valence-corrected chi connectivity index (χ4v) is 6.34. The Kier molecular flexibility index (Phi) is 6.26. The highest BCUT2D eigenvalue weighted by Crippen LogP contribution is 2.35. The number of hydrogen-bond donors (Lipinski definition) is 1. The molecule has 4 rings (SSSR count). The van der Waals surface area contributed by atoms with Gasteiger partial charge < -0.3 is 5.32 Å². The van der Waals surface area contributed by atoms with Gasteiger partial charge in [-0.25, -0.2) is 4.98 Å². The quantitative estimate of drug-likeness (QED) is 0.414. The summed E-state index contributed by atoms with van der Waals surface area (Å²) in [5, 5.41) is 4.47. The van der Waals surface area contributed by atoms with Crippen molar-refractivity contribution in [1.82, 2.24) is 9.55 Å². The van der Waals surface area contributed by atoms with Crippen molar-refractivity contribution in [3.63, 3.8) is 0 Å². The molecular formula is C24H29N3O2S2. The minimum Gasteiger partial charge on any atom is -0.325 e. The number of nitrogens with zero attached hydrogens (tertiary/aromatic N) is 2. The largest absolute Gasteiger partial charge is 0.325 e. The van der Waals surface area contributed by atoms with Crippen molar-refractivity contribution < 1.29 is 4.79 Å². The van der Waals surface area contributed by atoms with Gasteiger partial charge in [0.15, 0.2) is 5.16 Å². The van der Waals surface area contributed by atoms with Gasteiger partial charge in [-0.05, 0) is 55.2 Å². The number of thiophene rings is 1. The average molecular weight is 456 g/mol. The van der Waals surface area contributed by atoms with Crippen LogP contribution in [-0.2, 0) is 29.6 Å². The van der Waals surface area contributed by atoms with Gasteiger partial charge in [0.2, 0.25) is 5.91 Å². The number of para-hydroxylation sites is 1. The van der Waals surface area contributed by atoms with Gasteiger partial charge >= 0.3 is 0 Å². The summed E-state index contributed by atoms with van der Waals surface area (Å²) in [5.74, 6) is 0.116. The van der Waals surface area contributed by atoms with E-state index in [4.69, 9.17) is 4.98 Å². The first-order valence-electron chi connectivity index (χ1n) is 10.9. The molecule has 164 valence electrons. The summed E-state index contributed by atoms with van der Waals surface area (Å²) in [6.45, 7) is 8.89. The summed E-state index contributed by atoms with van der Waals surface area (Å²) in [6, 6.07) is 7.91. The normalized spacial score (nSPS) is 13.9. The van der Waals surface area contributed by atoms with Crippen LogP contribution < -0.4 is 10.9 Å². The summed E-state index contributed by atoms with van der Waals surface area (Å²) >= 11 is 2.98. The smallest absolute Gasteiger partial charge is 0.263 e. The number of carbonyl (C=O) groups is 1. The van der Waals surface area contributed by atoms with E-state index in [0.29, 0.717) is 11.7 Å². The van der Waals surface area contributed by atoms with Gasteiger partial charge in [-0.15, -0.1) is 11.3 Å². The van der Waals surface area contributed by atoms with Crippen LogP contribution in [0.25, 0.3) is 10.2 Å². The standard InChI is InChI=1S/C24H29N3O2S2/c1-5-27-22(29)20-15-10-6-9-13-18(15)31-21(20)26-23(27)30-14-19(28)25-17-12-8-7-11-16(17)24(2,3)4/h7-8,11-12H,5-6,9-10,13-14H2,1-4H3,(H,25,28). The molecule has 2 aromatic heterocycles. The van der Waals surface area contributed by atoms with Crippen LogP contribution in [0.15, 0.2) is 34.2 Å². The SMILES string of the molecule is CCn1c(SCC(=O)Nc2ccccc2C(C)(C)C)nc2sc3c(c2c1=O)CCCC3. The summed E-state index contributed by atoms with van der Waals surface area (Å²) in [6.07, 6.45) is 4.33. The van der Waals surface area contributed by atoms with E-state index in [2.05, 4.69) is 26.1 Å². The Labute approximate surface area is 191 Å². The molecule has 1 amide bonds. The minimum atomic E-state index is -0.0934. The van der Waals surface area contributed by atoms with Gasteiger partial charge in [0.05, 0.1) is 11.1 Å². The van der Waals surface area contributed by atoms with E-state index < -0.39 is 0 Å². The zero-order chi connectivity index (χ0) is 22.2. The van der Waals surface area contributed by atoms with Crippen LogP contribution in [0.4, 0.5) is 5.69 Å². The zero-order valence-corrected chi connectivity index (χ0v) is 20.2. The number of rotatable bonds is 5. The predicted molar refractivity (Wildman–Crippen MR) is 131 cm³/mol. The molecule has 1 aliphatic rings. The Morgan fingerprint density at radius 3 is 2.71 bits per heavy atom. The second-order valence-corrected chi connectivity index (χ2v) is 11.0. The molecule has 0 spiro atoms. The van der Waals surface area contributed by atoms with Crippen molar-refractivity contribution in [3.8, 4) is 0 Å². The number of carbonyl (C=O) groups excluding carboxylic acids is 1. The number of thioether (sulfide) groups is 1. The Morgan fingerprint density at radius 1 is 1.23 bits per heavy atom. The van der Waals surface area contributed by atoms with E-state index in [9.17, 15) is 9.59 Å². The van der Waals surface area contributed by atoms with E-state index in [0.717, 1.165) is 40.7 Å². The summed E-state index contributed by atoms with van der Waals surface area (Å²) < 4.78 is 1.71. The average Bonchev–Trinajstić information content (AvgIpc) is 3.10. The number of amides is 1. The van der Waals surface area contributed by atoms with E-state index in [1.807, 2.05) is 31.2 Å². The lowest BCUT2D eigenvalue weighted by molar-refractivity contribution is -0.113. The van der Waals surface area contributed by atoms with Crippen LogP contribution in [0.1, 0.15) is 56.5 Å². The van der Waals surface area contributed by atoms with Crippen molar-refractivity contribution in [2.24, 2.45) is 0 Å². The van der Waals surface area contributed by atoms with Crippen molar-refractivity contribution in [3.05, 3.63) is 50.6 Å². The molecule has 7 heteroatoms. The third-order valence-corrected chi connectivity index (χ3v) is 7.86. The highest BCUT2D eigenvalue weighted by atomic mass is 32.2. The van der Waals surface area contributed by atoms with Gasteiger partial charge in [0.1, 0.15) is 4.83 Å². The molecule has 0 bridgehead atoms. The Morgan fingerprint density at radius 2 is 1.97 bits per heavy atom. The lowest BCUT2D eigenvalue weighted by atomic mass is 9.86. The molecule has 0 unspecified atom stereocenters. The molecular weight excluding hydrogens is 426 g/mol. The van der Waals surface area contributed by atoms with Crippen LogP contribution in [0.2, 0.25) is 0 Å². The second kappa shape index (κ2) is 8.79. The van der Waals surface area contributed by atoms with Gasteiger partial charge in [0.25, 0.3) is 5.56 Å². The molecule has 5 nitrogen and oxygen atoms in total. The third kappa shape index (κ3) is 4.44. The molecule has 0 radical (unpaired) electrons. The molecule has 0 saturated heterocycles. The third-order valence-electron chi connectivity index (χ3n) is 5.70.